The van der Waals surface area contributed by atoms with E-state index in [-0.39, 0.29) is 0 Å². The first-order valence-corrected chi connectivity index (χ1v) is 7.53. The van der Waals surface area contributed by atoms with Gasteiger partial charge in [-0.2, -0.15) is 0 Å². The molecule has 2 aromatic heterocycles. The Morgan fingerprint density at radius 3 is 2.95 bits per heavy atom. The summed E-state index contributed by atoms with van der Waals surface area (Å²) in [5, 5.41) is 0. The molecule has 3 heterocycles. The second-order valence-corrected chi connectivity index (χ2v) is 5.46. The summed E-state index contributed by atoms with van der Waals surface area (Å²) in [4.78, 5) is 11.1. The molecule has 0 aliphatic carbocycles. The fourth-order valence-corrected chi connectivity index (χ4v) is 3.04. The lowest BCUT2D eigenvalue weighted by Crippen LogP contribution is -2.35. The summed E-state index contributed by atoms with van der Waals surface area (Å²) >= 11 is 0. The van der Waals surface area contributed by atoms with Gasteiger partial charge in [-0.3, -0.25) is 4.98 Å². The molecule has 0 spiro atoms. The zero-order valence-electron chi connectivity index (χ0n) is 12.5. The predicted octanol–water partition coefficient (Wildman–Crippen LogP) is 2.31. The highest BCUT2D eigenvalue weighted by Crippen LogP contribution is 2.28. The first-order chi connectivity index (χ1) is 10.4. The van der Waals surface area contributed by atoms with Gasteiger partial charge in [0.1, 0.15) is 5.82 Å². The summed E-state index contributed by atoms with van der Waals surface area (Å²) < 4.78 is 7.41. The molecule has 5 nitrogen and oxygen atoms in total. The van der Waals surface area contributed by atoms with E-state index in [1.165, 1.54) is 24.4 Å². The molecule has 0 aromatic carbocycles. The predicted molar refractivity (Wildman–Crippen MR) is 82.5 cm³/mol. The van der Waals surface area contributed by atoms with E-state index in [9.17, 15) is 0 Å². The molecule has 5 heteroatoms. The first-order valence-electron chi connectivity index (χ1n) is 7.53. The van der Waals surface area contributed by atoms with Crippen molar-refractivity contribution in [2.24, 2.45) is 0 Å². The van der Waals surface area contributed by atoms with Crippen molar-refractivity contribution >= 4 is 5.69 Å². The molecule has 0 bridgehead atoms. The Balaban J connectivity index is 1.73. The van der Waals surface area contributed by atoms with Crippen molar-refractivity contribution < 1.29 is 4.74 Å². The summed E-state index contributed by atoms with van der Waals surface area (Å²) in [6, 6.07) is 4.17. The van der Waals surface area contributed by atoms with Crippen LogP contribution in [0.15, 0.2) is 36.9 Å². The average molecular weight is 286 g/mol. The van der Waals surface area contributed by atoms with Crippen LogP contribution in [0.5, 0.6) is 0 Å². The molecular formula is C16H22N4O. The largest absolute Gasteiger partial charge is 0.383 e. The number of hydrogen-bond donors (Lipinski definition) is 0. The van der Waals surface area contributed by atoms with E-state index in [0.29, 0.717) is 5.92 Å². The van der Waals surface area contributed by atoms with E-state index in [1.807, 2.05) is 18.6 Å². The molecule has 3 rings (SSSR count). The fraction of sp³-hybridized carbons (Fsp3) is 0.500. The lowest BCUT2D eigenvalue weighted by atomic mass is 9.96. The zero-order valence-corrected chi connectivity index (χ0v) is 12.5. The number of ether oxygens (including phenoxy) is 1. The van der Waals surface area contributed by atoms with Crippen LogP contribution in [0, 0.1) is 0 Å². The Kier molecular flexibility index (Phi) is 4.50. The quantitative estimate of drug-likeness (QED) is 0.846. The molecule has 1 saturated heterocycles. The van der Waals surface area contributed by atoms with Crippen molar-refractivity contribution in [1.82, 2.24) is 14.5 Å². The summed E-state index contributed by atoms with van der Waals surface area (Å²) in [5.74, 6) is 1.67. The highest BCUT2D eigenvalue weighted by molar-refractivity contribution is 5.45. The fourth-order valence-electron chi connectivity index (χ4n) is 3.04. The molecule has 0 N–H and O–H groups in total. The van der Waals surface area contributed by atoms with Gasteiger partial charge in [0.15, 0.2) is 0 Å². The standard InChI is InChI=1S/C16H22N4O/c1-21-12-11-19-10-8-18-16(19)14-3-2-9-20(13-14)15-4-6-17-7-5-15/h4-8,10,14H,2-3,9,11-13H2,1H3/t14-/m1/s1. The molecule has 1 aliphatic heterocycles. The molecule has 1 fully saturated rings. The van der Waals surface area contributed by atoms with Crippen LogP contribution in [-0.2, 0) is 11.3 Å². The Bertz CT molecular complexity index is 554. The van der Waals surface area contributed by atoms with Gasteiger partial charge in [-0.05, 0) is 25.0 Å². The van der Waals surface area contributed by atoms with Crippen LogP contribution in [0.3, 0.4) is 0 Å². The second kappa shape index (κ2) is 6.72. The third kappa shape index (κ3) is 3.24. The lowest BCUT2D eigenvalue weighted by molar-refractivity contribution is 0.185. The molecule has 0 radical (unpaired) electrons. The molecule has 1 atom stereocenters. The Morgan fingerprint density at radius 2 is 2.14 bits per heavy atom. The maximum atomic E-state index is 5.18. The van der Waals surface area contributed by atoms with Crippen molar-refractivity contribution in [2.45, 2.75) is 25.3 Å². The van der Waals surface area contributed by atoms with E-state index in [1.54, 1.807) is 7.11 Å². The van der Waals surface area contributed by atoms with Gasteiger partial charge in [-0.1, -0.05) is 0 Å². The number of rotatable bonds is 5. The number of anilines is 1. The highest BCUT2D eigenvalue weighted by Gasteiger charge is 2.24. The maximum Gasteiger partial charge on any atom is 0.113 e. The highest BCUT2D eigenvalue weighted by atomic mass is 16.5. The summed E-state index contributed by atoms with van der Waals surface area (Å²) in [6.45, 7) is 3.73. The minimum Gasteiger partial charge on any atom is -0.383 e. The zero-order chi connectivity index (χ0) is 14.5. The van der Waals surface area contributed by atoms with E-state index in [0.717, 1.165) is 26.2 Å². The summed E-state index contributed by atoms with van der Waals surface area (Å²) in [5.41, 5.74) is 1.25. The van der Waals surface area contributed by atoms with Gasteiger partial charge in [0.2, 0.25) is 0 Å². The third-order valence-corrected chi connectivity index (χ3v) is 4.10. The smallest absolute Gasteiger partial charge is 0.113 e. The van der Waals surface area contributed by atoms with Crippen LogP contribution < -0.4 is 4.90 Å². The number of nitrogens with zero attached hydrogens (tertiary/aromatic N) is 4. The van der Waals surface area contributed by atoms with Crippen molar-refractivity contribution in [2.75, 3.05) is 31.7 Å². The van der Waals surface area contributed by atoms with Crippen molar-refractivity contribution in [3.05, 3.63) is 42.7 Å². The van der Waals surface area contributed by atoms with Gasteiger partial charge in [0, 0.05) is 63.1 Å². The average Bonchev–Trinajstić information content (AvgIpc) is 3.02. The Labute approximate surface area is 125 Å². The number of piperidine rings is 1. The lowest BCUT2D eigenvalue weighted by Gasteiger charge is -2.34. The van der Waals surface area contributed by atoms with Crippen LogP contribution in [0.2, 0.25) is 0 Å². The number of imidazole rings is 1. The SMILES string of the molecule is COCCn1ccnc1[C@@H]1CCCN(c2ccncc2)C1. The minimum absolute atomic E-state index is 0.485. The van der Waals surface area contributed by atoms with Crippen LogP contribution in [-0.4, -0.2) is 41.3 Å². The first kappa shape index (κ1) is 14.1. The third-order valence-electron chi connectivity index (χ3n) is 4.10. The van der Waals surface area contributed by atoms with Crippen LogP contribution >= 0.6 is 0 Å². The minimum atomic E-state index is 0.485. The van der Waals surface area contributed by atoms with Gasteiger partial charge < -0.3 is 14.2 Å². The maximum absolute atomic E-state index is 5.18. The van der Waals surface area contributed by atoms with Crippen molar-refractivity contribution in [3.8, 4) is 0 Å². The van der Waals surface area contributed by atoms with E-state index < -0.39 is 0 Å². The van der Waals surface area contributed by atoms with Gasteiger partial charge in [-0.25, -0.2) is 4.98 Å². The molecule has 0 unspecified atom stereocenters. The molecule has 112 valence electrons. The van der Waals surface area contributed by atoms with Crippen molar-refractivity contribution in [1.29, 1.82) is 0 Å². The van der Waals surface area contributed by atoms with Gasteiger partial charge in [-0.15, -0.1) is 0 Å². The molecular weight excluding hydrogens is 264 g/mol. The molecule has 0 amide bonds. The number of hydrogen-bond acceptors (Lipinski definition) is 4. The number of aromatic nitrogens is 3. The number of pyridine rings is 1. The van der Waals surface area contributed by atoms with Gasteiger partial charge >= 0.3 is 0 Å². The molecule has 2 aromatic rings. The second-order valence-electron chi connectivity index (χ2n) is 5.46. The van der Waals surface area contributed by atoms with E-state index in [2.05, 4.69) is 37.8 Å². The van der Waals surface area contributed by atoms with Crippen LogP contribution in [0.1, 0.15) is 24.6 Å². The van der Waals surface area contributed by atoms with Crippen molar-refractivity contribution in [3.63, 3.8) is 0 Å². The topological polar surface area (TPSA) is 43.2 Å². The number of methoxy groups -OCH3 is 1. The Morgan fingerprint density at radius 1 is 1.29 bits per heavy atom. The monoisotopic (exact) mass is 286 g/mol. The molecule has 21 heavy (non-hydrogen) atoms. The summed E-state index contributed by atoms with van der Waals surface area (Å²) in [7, 11) is 1.74. The van der Waals surface area contributed by atoms with E-state index >= 15 is 0 Å². The van der Waals surface area contributed by atoms with E-state index in [4.69, 9.17) is 4.74 Å². The Hall–Kier alpha value is -1.88. The molecule has 1 aliphatic rings. The van der Waals surface area contributed by atoms with Gasteiger partial charge in [0.05, 0.1) is 6.61 Å². The van der Waals surface area contributed by atoms with Gasteiger partial charge in [0.25, 0.3) is 0 Å². The normalized spacial score (nSPS) is 18.9. The molecule has 0 saturated carbocycles. The van der Waals surface area contributed by atoms with Crippen LogP contribution in [0.25, 0.3) is 0 Å². The summed E-state index contributed by atoms with van der Waals surface area (Å²) in [6.07, 6.45) is 10.1. The van der Waals surface area contributed by atoms with Crippen LogP contribution in [0.4, 0.5) is 5.69 Å².